The van der Waals surface area contributed by atoms with Crippen LogP contribution < -0.4 is 5.73 Å². The van der Waals surface area contributed by atoms with Crippen LogP contribution in [0, 0.1) is 0 Å². The third-order valence-corrected chi connectivity index (χ3v) is 3.35. The fraction of sp³-hybridized carbons (Fsp3) is 0.750. The lowest BCUT2D eigenvalue weighted by Gasteiger charge is -2.25. The normalized spacial score (nSPS) is 26.8. The summed E-state index contributed by atoms with van der Waals surface area (Å²) in [5, 5.41) is 4.39. The lowest BCUT2D eigenvalue weighted by Crippen LogP contribution is -2.25. The Balaban J connectivity index is 1.96. The maximum atomic E-state index is 5.91. The summed E-state index contributed by atoms with van der Waals surface area (Å²) in [4.78, 5) is 0. The molecule has 2 rings (SSSR count). The van der Waals surface area contributed by atoms with Crippen molar-refractivity contribution in [3.8, 4) is 0 Å². The van der Waals surface area contributed by atoms with Gasteiger partial charge in [-0.15, -0.1) is 0 Å². The van der Waals surface area contributed by atoms with Crippen LogP contribution in [-0.2, 0) is 6.54 Å². The molecule has 2 N–H and O–H groups in total. The van der Waals surface area contributed by atoms with Gasteiger partial charge in [0.2, 0.25) is 0 Å². The summed E-state index contributed by atoms with van der Waals surface area (Å²) < 4.78 is 2.06. The highest BCUT2D eigenvalue weighted by molar-refractivity contribution is 5.12. The summed E-state index contributed by atoms with van der Waals surface area (Å²) in [7, 11) is 0. The van der Waals surface area contributed by atoms with Crippen molar-refractivity contribution in [2.45, 2.75) is 57.5 Å². The molecular weight excluding hydrogens is 186 g/mol. The van der Waals surface area contributed by atoms with E-state index in [1.54, 1.807) is 0 Å². The third kappa shape index (κ3) is 2.59. The number of nitrogens with zero attached hydrogens (tertiary/aromatic N) is 2. The van der Waals surface area contributed by atoms with Crippen LogP contribution in [0.15, 0.2) is 12.4 Å². The zero-order valence-corrected chi connectivity index (χ0v) is 9.52. The molecular formula is C12H21N3. The predicted molar refractivity (Wildman–Crippen MR) is 61.7 cm³/mol. The van der Waals surface area contributed by atoms with Crippen LogP contribution in [0.2, 0.25) is 0 Å². The van der Waals surface area contributed by atoms with Crippen molar-refractivity contribution in [3.63, 3.8) is 0 Å². The molecule has 1 aliphatic carbocycles. The molecule has 1 fully saturated rings. The van der Waals surface area contributed by atoms with Gasteiger partial charge in [0, 0.05) is 18.8 Å². The molecule has 0 atom stereocenters. The van der Waals surface area contributed by atoms with Gasteiger partial charge in [-0.1, -0.05) is 6.92 Å². The first-order valence-corrected chi connectivity index (χ1v) is 6.07. The highest BCUT2D eigenvalue weighted by Gasteiger charge is 2.20. The molecule has 1 aromatic heterocycles. The van der Waals surface area contributed by atoms with E-state index in [0.717, 1.165) is 13.0 Å². The molecule has 3 heteroatoms. The molecule has 15 heavy (non-hydrogen) atoms. The molecule has 0 amide bonds. The van der Waals surface area contributed by atoms with Crippen molar-refractivity contribution < 1.29 is 0 Å². The molecule has 0 radical (unpaired) electrons. The first-order chi connectivity index (χ1) is 7.29. The smallest absolute Gasteiger partial charge is 0.0524 e. The lowest BCUT2D eigenvalue weighted by atomic mass is 9.83. The van der Waals surface area contributed by atoms with E-state index in [1.807, 2.05) is 6.20 Å². The quantitative estimate of drug-likeness (QED) is 0.826. The van der Waals surface area contributed by atoms with E-state index in [1.165, 1.54) is 31.2 Å². The molecule has 0 unspecified atom stereocenters. The molecule has 0 bridgehead atoms. The molecule has 0 aliphatic heterocycles. The molecule has 0 spiro atoms. The van der Waals surface area contributed by atoms with Gasteiger partial charge in [0.15, 0.2) is 0 Å². The van der Waals surface area contributed by atoms with Crippen molar-refractivity contribution in [1.29, 1.82) is 0 Å². The van der Waals surface area contributed by atoms with E-state index in [4.69, 9.17) is 5.73 Å². The Morgan fingerprint density at radius 3 is 2.80 bits per heavy atom. The Morgan fingerprint density at radius 2 is 2.13 bits per heavy atom. The number of hydrogen-bond acceptors (Lipinski definition) is 2. The lowest BCUT2D eigenvalue weighted by molar-refractivity contribution is 0.395. The topological polar surface area (TPSA) is 43.8 Å². The molecule has 0 aromatic carbocycles. The second kappa shape index (κ2) is 4.79. The number of hydrogen-bond donors (Lipinski definition) is 1. The second-order valence-electron chi connectivity index (χ2n) is 4.65. The molecule has 1 heterocycles. The third-order valence-electron chi connectivity index (χ3n) is 3.35. The highest BCUT2D eigenvalue weighted by atomic mass is 15.3. The summed E-state index contributed by atoms with van der Waals surface area (Å²) in [6, 6.07) is 0.437. The SMILES string of the molecule is CCCn1cc(C2CCC(N)CC2)cn1. The van der Waals surface area contributed by atoms with Crippen LogP contribution in [0.1, 0.15) is 50.5 Å². The summed E-state index contributed by atoms with van der Waals surface area (Å²) >= 11 is 0. The van der Waals surface area contributed by atoms with Gasteiger partial charge in [-0.2, -0.15) is 5.10 Å². The first kappa shape index (κ1) is 10.7. The Kier molecular flexibility index (Phi) is 3.41. The van der Waals surface area contributed by atoms with Crippen molar-refractivity contribution in [3.05, 3.63) is 18.0 Å². The van der Waals surface area contributed by atoms with Crippen molar-refractivity contribution in [2.24, 2.45) is 5.73 Å². The highest BCUT2D eigenvalue weighted by Crippen LogP contribution is 2.31. The van der Waals surface area contributed by atoms with Gasteiger partial charge in [-0.3, -0.25) is 4.68 Å². The van der Waals surface area contributed by atoms with E-state index in [0.29, 0.717) is 12.0 Å². The summed E-state index contributed by atoms with van der Waals surface area (Å²) in [5.41, 5.74) is 7.32. The van der Waals surface area contributed by atoms with E-state index in [-0.39, 0.29) is 0 Å². The van der Waals surface area contributed by atoms with Gasteiger partial charge in [0.05, 0.1) is 6.20 Å². The van der Waals surface area contributed by atoms with Crippen molar-refractivity contribution in [2.75, 3.05) is 0 Å². The van der Waals surface area contributed by atoms with Gasteiger partial charge < -0.3 is 5.73 Å². The first-order valence-electron chi connectivity index (χ1n) is 6.07. The minimum atomic E-state index is 0.437. The zero-order chi connectivity index (χ0) is 10.7. The Hall–Kier alpha value is -0.830. The Bertz CT molecular complexity index is 298. The van der Waals surface area contributed by atoms with Crippen LogP contribution in [0.25, 0.3) is 0 Å². The van der Waals surface area contributed by atoms with E-state index < -0.39 is 0 Å². The molecule has 84 valence electrons. The Morgan fingerprint density at radius 1 is 1.40 bits per heavy atom. The van der Waals surface area contributed by atoms with Crippen LogP contribution in [0.3, 0.4) is 0 Å². The number of nitrogens with two attached hydrogens (primary N) is 1. The van der Waals surface area contributed by atoms with Crippen LogP contribution in [0.5, 0.6) is 0 Å². The standard InChI is InChI=1S/C12H21N3/c1-2-7-15-9-11(8-14-15)10-3-5-12(13)6-4-10/h8-10,12H,2-7,13H2,1H3. The second-order valence-corrected chi connectivity index (χ2v) is 4.65. The number of rotatable bonds is 3. The summed E-state index contributed by atoms with van der Waals surface area (Å²) in [5.74, 6) is 0.704. The van der Waals surface area contributed by atoms with Crippen molar-refractivity contribution in [1.82, 2.24) is 9.78 Å². The van der Waals surface area contributed by atoms with Crippen LogP contribution >= 0.6 is 0 Å². The average molecular weight is 207 g/mol. The summed E-state index contributed by atoms with van der Waals surface area (Å²) in [6.45, 7) is 3.22. The average Bonchev–Trinajstić information content (AvgIpc) is 2.68. The van der Waals surface area contributed by atoms with Gasteiger partial charge in [-0.25, -0.2) is 0 Å². The van der Waals surface area contributed by atoms with E-state index in [2.05, 4.69) is 22.9 Å². The monoisotopic (exact) mass is 207 g/mol. The predicted octanol–water partition coefficient (Wildman–Crippen LogP) is 2.28. The molecule has 1 aliphatic rings. The maximum Gasteiger partial charge on any atom is 0.0524 e. The zero-order valence-electron chi connectivity index (χ0n) is 9.52. The number of aryl methyl sites for hydroxylation is 1. The maximum absolute atomic E-state index is 5.91. The molecule has 1 aromatic rings. The largest absolute Gasteiger partial charge is 0.328 e. The Labute approximate surface area is 91.7 Å². The van der Waals surface area contributed by atoms with Crippen LogP contribution in [-0.4, -0.2) is 15.8 Å². The van der Waals surface area contributed by atoms with Crippen LogP contribution in [0.4, 0.5) is 0 Å². The minimum Gasteiger partial charge on any atom is -0.328 e. The van der Waals surface area contributed by atoms with E-state index in [9.17, 15) is 0 Å². The van der Waals surface area contributed by atoms with E-state index >= 15 is 0 Å². The van der Waals surface area contributed by atoms with Gasteiger partial charge in [0.25, 0.3) is 0 Å². The fourth-order valence-electron chi connectivity index (χ4n) is 2.39. The van der Waals surface area contributed by atoms with Gasteiger partial charge in [0.1, 0.15) is 0 Å². The molecule has 1 saturated carbocycles. The molecule has 0 saturated heterocycles. The minimum absolute atomic E-state index is 0.437. The van der Waals surface area contributed by atoms with Crippen molar-refractivity contribution >= 4 is 0 Å². The summed E-state index contributed by atoms with van der Waals surface area (Å²) in [6.07, 6.45) is 10.2. The molecule has 3 nitrogen and oxygen atoms in total. The fourth-order valence-corrected chi connectivity index (χ4v) is 2.39. The van der Waals surface area contributed by atoms with Gasteiger partial charge in [-0.05, 0) is 43.6 Å². The van der Waals surface area contributed by atoms with Gasteiger partial charge >= 0.3 is 0 Å². The number of aromatic nitrogens is 2.